The predicted octanol–water partition coefficient (Wildman–Crippen LogP) is 3.10. The lowest BCUT2D eigenvalue weighted by Crippen LogP contribution is -2.19. The van der Waals surface area contributed by atoms with E-state index in [1.54, 1.807) is 6.07 Å². The van der Waals surface area contributed by atoms with Crippen LogP contribution in [0.1, 0.15) is 42.3 Å². The molecule has 17 heavy (non-hydrogen) atoms. The van der Waals surface area contributed by atoms with Gasteiger partial charge in [-0.05, 0) is 51.0 Å². The maximum Gasteiger partial charge on any atom is 0.337 e. The normalized spacial score (nSPS) is 11.4. The van der Waals surface area contributed by atoms with E-state index in [-0.39, 0.29) is 11.6 Å². The summed E-state index contributed by atoms with van der Waals surface area (Å²) in [6, 6.07) is 5.50. The summed E-state index contributed by atoms with van der Waals surface area (Å²) in [5.41, 5.74) is 2.54. The Balaban J connectivity index is 2.80. The van der Waals surface area contributed by atoms with Gasteiger partial charge in [-0.25, -0.2) is 4.79 Å². The van der Waals surface area contributed by atoms with E-state index in [0.717, 1.165) is 11.1 Å². The number of methoxy groups -OCH3 is 1. The van der Waals surface area contributed by atoms with Gasteiger partial charge in [0.15, 0.2) is 0 Å². The second-order valence-corrected chi connectivity index (χ2v) is 5.03. The first-order valence-electron chi connectivity index (χ1n) is 5.65. The van der Waals surface area contributed by atoms with Crippen molar-refractivity contribution in [2.24, 2.45) is 0 Å². The third-order valence-electron chi connectivity index (χ3n) is 2.42. The van der Waals surface area contributed by atoms with Gasteiger partial charge in [-0.1, -0.05) is 6.07 Å². The molecule has 0 spiro atoms. The minimum atomic E-state index is -0.309. The molecule has 94 valence electrons. The lowest BCUT2D eigenvalue weighted by atomic mass is 10.1. The van der Waals surface area contributed by atoms with E-state index in [0.29, 0.717) is 12.2 Å². The third kappa shape index (κ3) is 4.19. The molecular weight excluding hydrogens is 216 g/mol. The number of ether oxygens (including phenoxy) is 2. The number of carbonyl (C=O) groups excluding carboxylic acids is 1. The summed E-state index contributed by atoms with van der Waals surface area (Å²) < 4.78 is 10.4. The summed E-state index contributed by atoms with van der Waals surface area (Å²) in [6.45, 7) is 8.58. The van der Waals surface area contributed by atoms with Crippen molar-refractivity contribution in [1.82, 2.24) is 0 Å². The van der Waals surface area contributed by atoms with Crippen LogP contribution < -0.4 is 0 Å². The summed E-state index contributed by atoms with van der Waals surface area (Å²) in [5.74, 6) is -0.309. The highest BCUT2D eigenvalue weighted by Crippen LogP contribution is 2.16. The zero-order valence-corrected chi connectivity index (χ0v) is 11.2. The minimum absolute atomic E-state index is 0.159. The molecule has 0 fully saturated rings. The highest BCUT2D eigenvalue weighted by molar-refractivity contribution is 5.89. The maximum atomic E-state index is 11.3. The van der Waals surface area contributed by atoms with E-state index in [1.807, 2.05) is 39.8 Å². The molecule has 0 aliphatic heterocycles. The summed E-state index contributed by atoms with van der Waals surface area (Å²) in [5, 5.41) is 0. The number of benzene rings is 1. The van der Waals surface area contributed by atoms with Crippen LogP contribution in [0, 0.1) is 6.92 Å². The van der Waals surface area contributed by atoms with Gasteiger partial charge >= 0.3 is 5.97 Å². The fraction of sp³-hybridized carbons (Fsp3) is 0.500. The van der Waals surface area contributed by atoms with Crippen LogP contribution in [-0.2, 0) is 16.1 Å². The van der Waals surface area contributed by atoms with Crippen molar-refractivity contribution in [3.05, 3.63) is 34.9 Å². The second-order valence-electron chi connectivity index (χ2n) is 5.03. The quantitative estimate of drug-likeness (QED) is 0.756. The third-order valence-corrected chi connectivity index (χ3v) is 2.42. The van der Waals surface area contributed by atoms with E-state index in [1.165, 1.54) is 7.11 Å². The summed E-state index contributed by atoms with van der Waals surface area (Å²) in [7, 11) is 1.38. The SMILES string of the molecule is COC(=O)c1ccc(COC(C)(C)C)c(C)c1. The number of rotatable bonds is 3. The molecule has 3 heteroatoms. The molecule has 3 nitrogen and oxygen atoms in total. The first-order chi connectivity index (χ1) is 7.83. The zero-order valence-electron chi connectivity index (χ0n) is 11.2. The molecule has 1 aromatic rings. The van der Waals surface area contributed by atoms with Crippen LogP contribution in [0.3, 0.4) is 0 Å². The van der Waals surface area contributed by atoms with Gasteiger partial charge in [0.05, 0.1) is 24.9 Å². The van der Waals surface area contributed by atoms with Gasteiger partial charge in [0.2, 0.25) is 0 Å². The van der Waals surface area contributed by atoms with E-state index in [4.69, 9.17) is 4.74 Å². The van der Waals surface area contributed by atoms with Crippen LogP contribution in [0.25, 0.3) is 0 Å². The second kappa shape index (κ2) is 5.32. The molecule has 0 radical (unpaired) electrons. The van der Waals surface area contributed by atoms with Gasteiger partial charge in [0, 0.05) is 0 Å². The number of esters is 1. The average molecular weight is 236 g/mol. The molecule has 1 rings (SSSR count). The van der Waals surface area contributed by atoms with Gasteiger partial charge in [0.25, 0.3) is 0 Å². The largest absolute Gasteiger partial charge is 0.465 e. The fourth-order valence-corrected chi connectivity index (χ4v) is 1.40. The molecule has 0 aliphatic carbocycles. The standard InChI is InChI=1S/C14H20O3/c1-10-8-11(13(15)16-5)6-7-12(10)9-17-14(2,3)4/h6-8H,9H2,1-5H3. The Morgan fingerprint density at radius 3 is 2.41 bits per heavy atom. The van der Waals surface area contributed by atoms with Crippen LogP contribution in [0.2, 0.25) is 0 Å². The van der Waals surface area contributed by atoms with Crippen molar-refractivity contribution in [3.63, 3.8) is 0 Å². The smallest absolute Gasteiger partial charge is 0.337 e. The highest BCUT2D eigenvalue weighted by Gasteiger charge is 2.12. The number of aryl methyl sites for hydroxylation is 1. The Kier molecular flexibility index (Phi) is 4.29. The van der Waals surface area contributed by atoms with Gasteiger partial charge in [-0.2, -0.15) is 0 Å². The Hall–Kier alpha value is -1.35. The van der Waals surface area contributed by atoms with E-state index in [9.17, 15) is 4.79 Å². The molecule has 0 aromatic heterocycles. The Labute approximate surface area is 103 Å². The van der Waals surface area contributed by atoms with E-state index < -0.39 is 0 Å². The summed E-state index contributed by atoms with van der Waals surface area (Å²) >= 11 is 0. The first-order valence-corrected chi connectivity index (χ1v) is 5.65. The summed E-state index contributed by atoms with van der Waals surface area (Å²) in [6.07, 6.45) is 0. The van der Waals surface area contributed by atoms with Crippen molar-refractivity contribution >= 4 is 5.97 Å². The number of hydrogen-bond acceptors (Lipinski definition) is 3. The highest BCUT2D eigenvalue weighted by atomic mass is 16.5. The summed E-state index contributed by atoms with van der Waals surface area (Å²) in [4.78, 5) is 11.3. The molecule has 0 aliphatic rings. The number of hydrogen-bond donors (Lipinski definition) is 0. The average Bonchev–Trinajstić information content (AvgIpc) is 2.25. The molecule has 0 saturated carbocycles. The molecule has 0 atom stereocenters. The van der Waals surface area contributed by atoms with Crippen molar-refractivity contribution < 1.29 is 14.3 Å². The topological polar surface area (TPSA) is 35.5 Å². The first kappa shape index (κ1) is 13.7. The van der Waals surface area contributed by atoms with E-state index in [2.05, 4.69) is 4.74 Å². The maximum absolute atomic E-state index is 11.3. The molecule has 0 saturated heterocycles. The number of carbonyl (C=O) groups is 1. The molecule has 0 heterocycles. The molecular formula is C14H20O3. The Bertz CT molecular complexity index is 402. The van der Waals surface area contributed by atoms with E-state index >= 15 is 0 Å². The van der Waals surface area contributed by atoms with Crippen LogP contribution in [0.4, 0.5) is 0 Å². The van der Waals surface area contributed by atoms with Gasteiger partial charge in [-0.3, -0.25) is 0 Å². The van der Waals surface area contributed by atoms with Crippen LogP contribution in [-0.4, -0.2) is 18.7 Å². The van der Waals surface area contributed by atoms with Crippen molar-refractivity contribution in [3.8, 4) is 0 Å². The molecule has 0 N–H and O–H groups in total. The Morgan fingerprint density at radius 2 is 1.94 bits per heavy atom. The van der Waals surface area contributed by atoms with Gasteiger partial charge < -0.3 is 9.47 Å². The zero-order chi connectivity index (χ0) is 13.1. The van der Waals surface area contributed by atoms with Crippen molar-refractivity contribution in [2.45, 2.75) is 39.9 Å². The van der Waals surface area contributed by atoms with Gasteiger partial charge in [0.1, 0.15) is 0 Å². The lowest BCUT2D eigenvalue weighted by molar-refractivity contribution is -0.0151. The van der Waals surface area contributed by atoms with Gasteiger partial charge in [-0.15, -0.1) is 0 Å². The predicted molar refractivity (Wildman–Crippen MR) is 67.1 cm³/mol. The molecule has 0 amide bonds. The van der Waals surface area contributed by atoms with Crippen LogP contribution >= 0.6 is 0 Å². The fourth-order valence-electron chi connectivity index (χ4n) is 1.40. The van der Waals surface area contributed by atoms with Crippen LogP contribution in [0.15, 0.2) is 18.2 Å². The molecule has 1 aromatic carbocycles. The monoisotopic (exact) mass is 236 g/mol. The lowest BCUT2D eigenvalue weighted by Gasteiger charge is -2.20. The Morgan fingerprint density at radius 1 is 1.29 bits per heavy atom. The molecule has 0 bridgehead atoms. The minimum Gasteiger partial charge on any atom is -0.465 e. The molecule has 0 unspecified atom stereocenters. The van der Waals surface area contributed by atoms with Crippen molar-refractivity contribution in [2.75, 3.05) is 7.11 Å². The van der Waals surface area contributed by atoms with Crippen LogP contribution in [0.5, 0.6) is 0 Å². The van der Waals surface area contributed by atoms with Crippen molar-refractivity contribution in [1.29, 1.82) is 0 Å².